The maximum absolute atomic E-state index is 10.9. The number of benzene rings is 1. The number of ether oxygens (including phenoxy) is 2. The van der Waals surface area contributed by atoms with E-state index in [4.69, 9.17) is 4.74 Å². The summed E-state index contributed by atoms with van der Waals surface area (Å²) in [6.45, 7) is 3.53. The molecule has 0 amide bonds. The number of aldehydes is 1. The molecule has 0 N–H and O–H groups in total. The number of hydrogen-bond acceptors (Lipinski definition) is 4. The second kappa shape index (κ2) is 5.30. The number of carbonyl (C=O) groups excluding carboxylic acids is 2. The van der Waals surface area contributed by atoms with Crippen molar-refractivity contribution in [2.75, 3.05) is 13.7 Å². The average molecular weight is 222 g/mol. The Morgan fingerprint density at radius 1 is 1.31 bits per heavy atom. The topological polar surface area (TPSA) is 52.6 Å². The number of aryl methyl sites for hydroxylation is 2. The molecule has 1 rings (SSSR count). The molecular weight excluding hydrogens is 208 g/mol. The summed E-state index contributed by atoms with van der Waals surface area (Å²) < 4.78 is 9.81. The van der Waals surface area contributed by atoms with E-state index in [9.17, 15) is 9.59 Å². The highest BCUT2D eigenvalue weighted by Gasteiger charge is 2.08. The summed E-state index contributed by atoms with van der Waals surface area (Å²) in [5.41, 5.74) is 2.25. The Balaban J connectivity index is 2.88. The van der Waals surface area contributed by atoms with Crippen LogP contribution in [-0.2, 0) is 9.53 Å². The predicted octanol–water partition coefficient (Wildman–Crippen LogP) is 1.67. The minimum absolute atomic E-state index is 0.126. The van der Waals surface area contributed by atoms with Crippen LogP contribution >= 0.6 is 0 Å². The summed E-state index contributed by atoms with van der Waals surface area (Å²) in [5.74, 6) is 0.189. The van der Waals surface area contributed by atoms with Crippen molar-refractivity contribution in [3.63, 3.8) is 0 Å². The van der Waals surface area contributed by atoms with Gasteiger partial charge in [0.2, 0.25) is 0 Å². The van der Waals surface area contributed by atoms with Gasteiger partial charge in [0.05, 0.1) is 7.11 Å². The van der Waals surface area contributed by atoms with Crippen molar-refractivity contribution >= 4 is 12.3 Å². The fourth-order valence-electron chi connectivity index (χ4n) is 1.47. The van der Waals surface area contributed by atoms with E-state index in [2.05, 4.69) is 4.74 Å². The number of rotatable bonds is 4. The van der Waals surface area contributed by atoms with Crippen LogP contribution in [0.25, 0.3) is 0 Å². The second-order valence-corrected chi connectivity index (χ2v) is 3.47. The fraction of sp³-hybridized carbons (Fsp3) is 0.333. The van der Waals surface area contributed by atoms with Gasteiger partial charge in [0, 0.05) is 5.56 Å². The van der Waals surface area contributed by atoms with Gasteiger partial charge in [-0.1, -0.05) is 0 Å². The van der Waals surface area contributed by atoms with Crippen molar-refractivity contribution in [1.82, 2.24) is 0 Å². The van der Waals surface area contributed by atoms with E-state index in [1.807, 2.05) is 13.8 Å². The lowest BCUT2D eigenvalue weighted by Crippen LogP contribution is -2.13. The first-order valence-electron chi connectivity index (χ1n) is 4.84. The largest absolute Gasteiger partial charge is 0.481 e. The van der Waals surface area contributed by atoms with Crippen molar-refractivity contribution in [2.45, 2.75) is 13.8 Å². The molecule has 86 valence electrons. The molecule has 4 nitrogen and oxygen atoms in total. The van der Waals surface area contributed by atoms with E-state index >= 15 is 0 Å². The maximum Gasteiger partial charge on any atom is 0.343 e. The van der Waals surface area contributed by atoms with Gasteiger partial charge in [-0.3, -0.25) is 4.79 Å². The van der Waals surface area contributed by atoms with Gasteiger partial charge in [-0.25, -0.2) is 4.79 Å². The Labute approximate surface area is 94.2 Å². The third kappa shape index (κ3) is 2.82. The van der Waals surface area contributed by atoms with Gasteiger partial charge in [-0.2, -0.15) is 0 Å². The molecule has 1 aromatic carbocycles. The van der Waals surface area contributed by atoms with Gasteiger partial charge < -0.3 is 9.47 Å². The lowest BCUT2D eigenvalue weighted by Gasteiger charge is -2.11. The number of methoxy groups -OCH3 is 1. The SMILES string of the molecule is COC(=O)COc1c(C)cc(C=O)cc1C. The molecular formula is C12H14O4. The Morgan fingerprint density at radius 2 is 1.88 bits per heavy atom. The minimum Gasteiger partial charge on any atom is -0.481 e. The monoisotopic (exact) mass is 222 g/mol. The molecule has 0 aliphatic carbocycles. The van der Waals surface area contributed by atoms with Gasteiger partial charge >= 0.3 is 5.97 Å². The molecule has 0 unspecified atom stereocenters. The summed E-state index contributed by atoms with van der Waals surface area (Å²) in [6, 6.07) is 3.43. The highest BCUT2D eigenvalue weighted by atomic mass is 16.6. The highest BCUT2D eigenvalue weighted by molar-refractivity contribution is 5.76. The van der Waals surface area contributed by atoms with E-state index in [0.29, 0.717) is 11.3 Å². The number of hydrogen-bond donors (Lipinski definition) is 0. The summed E-state index contributed by atoms with van der Waals surface area (Å²) in [5, 5.41) is 0. The Hall–Kier alpha value is -1.84. The zero-order valence-electron chi connectivity index (χ0n) is 9.57. The van der Waals surface area contributed by atoms with Crippen LogP contribution in [0.5, 0.6) is 5.75 Å². The van der Waals surface area contributed by atoms with E-state index in [-0.39, 0.29) is 6.61 Å². The van der Waals surface area contributed by atoms with Gasteiger partial charge in [0.1, 0.15) is 12.0 Å². The molecule has 4 heteroatoms. The molecule has 0 saturated carbocycles. The highest BCUT2D eigenvalue weighted by Crippen LogP contribution is 2.24. The van der Waals surface area contributed by atoms with E-state index in [1.54, 1.807) is 12.1 Å². The van der Waals surface area contributed by atoms with Crippen LogP contribution in [-0.4, -0.2) is 26.0 Å². The predicted molar refractivity (Wildman–Crippen MR) is 58.8 cm³/mol. The molecule has 16 heavy (non-hydrogen) atoms. The molecule has 0 aliphatic rings. The van der Waals surface area contributed by atoms with Gasteiger partial charge in [-0.05, 0) is 37.1 Å². The third-order valence-electron chi connectivity index (χ3n) is 2.18. The Bertz CT molecular complexity index is 386. The van der Waals surface area contributed by atoms with Crippen molar-refractivity contribution in [1.29, 1.82) is 0 Å². The van der Waals surface area contributed by atoms with Crippen LogP contribution in [0.2, 0.25) is 0 Å². The van der Waals surface area contributed by atoms with Crippen molar-refractivity contribution in [3.8, 4) is 5.75 Å². The van der Waals surface area contributed by atoms with E-state index < -0.39 is 5.97 Å². The van der Waals surface area contributed by atoms with E-state index in [0.717, 1.165) is 17.4 Å². The number of esters is 1. The zero-order valence-corrected chi connectivity index (χ0v) is 9.57. The molecule has 0 spiro atoms. The summed E-state index contributed by atoms with van der Waals surface area (Å²) >= 11 is 0. The van der Waals surface area contributed by atoms with Crippen LogP contribution in [0.3, 0.4) is 0 Å². The van der Waals surface area contributed by atoms with Crippen molar-refractivity contribution < 1.29 is 19.1 Å². The quantitative estimate of drug-likeness (QED) is 0.574. The normalized spacial score (nSPS) is 9.69. The molecule has 0 bridgehead atoms. The molecule has 0 fully saturated rings. The molecule has 0 atom stereocenters. The van der Waals surface area contributed by atoms with Crippen LogP contribution in [0.15, 0.2) is 12.1 Å². The lowest BCUT2D eigenvalue weighted by molar-refractivity contribution is -0.142. The first kappa shape index (κ1) is 12.2. The molecule has 0 heterocycles. The first-order chi connectivity index (χ1) is 7.58. The molecule has 0 saturated heterocycles. The Morgan fingerprint density at radius 3 is 2.31 bits per heavy atom. The fourth-order valence-corrected chi connectivity index (χ4v) is 1.47. The van der Waals surface area contributed by atoms with Gasteiger partial charge in [-0.15, -0.1) is 0 Å². The first-order valence-corrected chi connectivity index (χ1v) is 4.84. The minimum atomic E-state index is -0.432. The second-order valence-electron chi connectivity index (χ2n) is 3.47. The smallest absolute Gasteiger partial charge is 0.343 e. The van der Waals surface area contributed by atoms with Gasteiger partial charge in [0.15, 0.2) is 6.61 Å². The van der Waals surface area contributed by atoms with Gasteiger partial charge in [0.25, 0.3) is 0 Å². The lowest BCUT2D eigenvalue weighted by atomic mass is 10.1. The maximum atomic E-state index is 10.9. The van der Waals surface area contributed by atoms with Crippen LogP contribution in [0.1, 0.15) is 21.5 Å². The summed E-state index contributed by atoms with van der Waals surface area (Å²) in [7, 11) is 1.31. The van der Waals surface area contributed by atoms with Crippen molar-refractivity contribution in [3.05, 3.63) is 28.8 Å². The van der Waals surface area contributed by atoms with Crippen molar-refractivity contribution in [2.24, 2.45) is 0 Å². The number of carbonyl (C=O) groups is 2. The summed E-state index contributed by atoms with van der Waals surface area (Å²) in [6.07, 6.45) is 0.782. The standard InChI is InChI=1S/C12H14O4/c1-8-4-10(6-13)5-9(2)12(8)16-7-11(14)15-3/h4-6H,7H2,1-3H3. The average Bonchev–Trinajstić information content (AvgIpc) is 2.27. The molecule has 1 aromatic rings. The molecule has 0 radical (unpaired) electrons. The van der Waals surface area contributed by atoms with Crippen LogP contribution < -0.4 is 4.74 Å². The molecule has 0 aliphatic heterocycles. The molecule has 0 aromatic heterocycles. The van der Waals surface area contributed by atoms with Crippen LogP contribution in [0.4, 0.5) is 0 Å². The summed E-state index contributed by atoms with van der Waals surface area (Å²) in [4.78, 5) is 21.5. The zero-order chi connectivity index (χ0) is 12.1. The van der Waals surface area contributed by atoms with E-state index in [1.165, 1.54) is 7.11 Å². The Kier molecular flexibility index (Phi) is 4.05. The third-order valence-corrected chi connectivity index (χ3v) is 2.18. The van der Waals surface area contributed by atoms with Crippen LogP contribution in [0, 0.1) is 13.8 Å².